The van der Waals surface area contributed by atoms with Gasteiger partial charge in [0, 0.05) is 5.39 Å². The van der Waals surface area contributed by atoms with E-state index in [2.05, 4.69) is 18.2 Å². The third-order valence-corrected chi connectivity index (χ3v) is 4.37. The van der Waals surface area contributed by atoms with Gasteiger partial charge >= 0.3 is 5.97 Å². The van der Waals surface area contributed by atoms with Gasteiger partial charge in [-0.1, -0.05) is 42.5 Å². The minimum absolute atomic E-state index is 0.374. The zero-order valence-corrected chi connectivity index (χ0v) is 14.6. The van der Waals surface area contributed by atoms with Crippen molar-refractivity contribution in [2.75, 3.05) is 7.11 Å². The zero-order valence-electron chi connectivity index (χ0n) is 14.6. The van der Waals surface area contributed by atoms with E-state index in [4.69, 9.17) is 14.3 Å². The van der Waals surface area contributed by atoms with Crippen molar-refractivity contribution < 1.29 is 13.9 Å². The third kappa shape index (κ3) is 2.77. The first kappa shape index (κ1) is 16.1. The van der Waals surface area contributed by atoms with Crippen molar-refractivity contribution in [3.05, 3.63) is 77.6 Å². The van der Waals surface area contributed by atoms with Crippen molar-refractivity contribution in [2.45, 2.75) is 13.5 Å². The molecule has 2 aromatic carbocycles. The maximum atomic E-state index is 12.0. The standard InChI is InChI=1S/C21H18N2O3/c1-14-8-9-16-18(12-14)23(13-15-6-4-3-5-7-15)22-19(16)20-17(10-11-26-20)21(24)25-2/h3-12H,13H2,1-2H3. The molecule has 0 fully saturated rings. The van der Waals surface area contributed by atoms with E-state index in [9.17, 15) is 4.79 Å². The summed E-state index contributed by atoms with van der Waals surface area (Å²) in [5, 5.41) is 5.70. The van der Waals surface area contributed by atoms with Crippen molar-refractivity contribution >= 4 is 16.9 Å². The number of carbonyl (C=O) groups excluding carboxylic acids is 1. The Morgan fingerprint density at radius 2 is 1.96 bits per heavy atom. The van der Waals surface area contributed by atoms with E-state index in [0.29, 0.717) is 23.6 Å². The minimum Gasteiger partial charge on any atom is -0.465 e. The third-order valence-electron chi connectivity index (χ3n) is 4.37. The molecule has 0 bridgehead atoms. The van der Waals surface area contributed by atoms with Crippen LogP contribution in [0.25, 0.3) is 22.4 Å². The topological polar surface area (TPSA) is 57.3 Å². The Hall–Kier alpha value is -3.34. The number of nitrogens with zero attached hydrogens (tertiary/aromatic N) is 2. The number of methoxy groups -OCH3 is 1. The SMILES string of the molecule is COC(=O)c1ccoc1-c1nn(Cc2ccccc2)c2cc(C)ccc12. The smallest absolute Gasteiger partial charge is 0.341 e. The van der Waals surface area contributed by atoms with Crippen LogP contribution in [0.2, 0.25) is 0 Å². The molecule has 2 heterocycles. The molecule has 0 aliphatic rings. The van der Waals surface area contributed by atoms with Crippen molar-refractivity contribution in [3.8, 4) is 11.5 Å². The van der Waals surface area contributed by atoms with Crippen LogP contribution in [0.15, 0.2) is 65.3 Å². The van der Waals surface area contributed by atoms with Gasteiger partial charge in [0.25, 0.3) is 0 Å². The summed E-state index contributed by atoms with van der Waals surface area (Å²) in [5.74, 6) is -0.0101. The van der Waals surface area contributed by atoms with Gasteiger partial charge in [-0.3, -0.25) is 4.68 Å². The lowest BCUT2D eigenvalue weighted by Gasteiger charge is -2.04. The van der Waals surface area contributed by atoms with Crippen LogP contribution >= 0.6 is 0 Å². The number of hydrogen-bond acceptors (Lipinski definition) is 4. The van der Waals surface area contributed by atoms with Crippen LogP contribution in [0.5, 0.6) is 0 Å². The summed E-state index contributed by atoms with van der Waals surface area (Å²) in [6.45, 7) is 2.68. The van der Waals surface area contributed by atoms with Crippen LogP contribution in [0.4, 0.5) is 0 Å². The van der Waals surface area contributed by atoms with Crippen LogP contribution in [0.1, 0.15) is 21.5 Å². The maximum absolute atomic E-state index is 12.0. The van der Waals surface area contributed by atoms with Gasteiger partial charge in [0.15, 0.2) is 5.76 Å². The summed E-state index contributed by atoms with van der Waals surface area (Å²) in [7, 11) is 1.36. The molecular formula is C21H18N2O3. The molecular weight excluding hydrogens is 328 g/mol. The van der Waals surface area contributed by atoms with Gasteiger partial charge in [0.05, 0.1) is 25.4 Å². The molecule has 0 aliphatic heterocycles. The molecule has 0 N–H and O–H groups in total. The van der Waals surface area contributed by atoms with Gasteiger partial charge in [-0.05, 0) is 30.2 Å². The highest BCUT2D eigenvalue weighted by Gasteiger charge is 2.22. The van der Waals surface area contributed by atoms with Crippen molar-refractivity contribution in [3.63, 3.8) is 0 Å². The van der Waals surface area contributed by atoms with Gasteiger partial charge in [-0.25, -0.2) is 4.79 Å². The summed E-state index contributed by atoms with van der Waals surface area (Å²) in [4.78, 5) is 12.0. The quantitative estimate of drug-likeness (QED) is 0.513. The monoisotopic (exact) mass is 346 g/mol. The highest BCUT2D eigenvalue weighted by atomic mass is 16.5. The second kappa shape index (κ2) is 6.52. The molecule has 0 aliphatic carbocycles. The fourth-order valence-corrected chi connectivity index (χ4v) is 3.09. The molecule has 0 spiro atoms. The number of ether oxygens (including phenoxy) is 1. The Morgan fingerprint density at radius 3 is 2.73 bits per heavy atom. The number of aromatic nitrogens is 2. The first-order valence-electron chi connectivity index (χ1n) is 8.34. The average Bonchev–Trinajstić information content (AvgIpc) is 3.27. The lowest BCUT2D eigenvalue weighted by Crippen LogP contribution is -2.03. The molecule has 0 atom stereocenters. The number of esters is 1. The second-order valence-electron chi connectivity index (χ2n) is 6.17. The van der Waals surface area contributed by atoms with Crippen molar-refractivity contribution in [1.29, 1.82) is 0 Å². The number of aryl methyl sites for hydroxylation is 1. The molecule has 0 saturated carbocycles. The molecule has 2 aromatic heterocycles. The Morgan fingerprint density at radius 1 is 1.15 bits per heavy atom. The average molecular weight is 346 g/mol. The summed E-state index contributed by atoms with van der Waals surface area (Å²) in [6, 6.07) is 17.9. The van der Waals surface area contributed by atoms with Crippen molar-refractivity contribution in [1.82, 2.24) is 9.78 Å². The Kier molecular flexibility index (Phi) is 4.05. The normalized spacial score (nSPS) is 11.0. The van der Waals surface area contributed by atoms with Crippen molar-refractivity contribution in [2.24, 2.45) is 0 Å². The lowest BCUT2D eigenvalue weighted by molar-refractivity contribution is 0.0601. The van der Waals surface area contributed by atoms with E-state index in [0.717, 1.165) is 22.0 Å². The van der Waals surface area contributed by atoms with Gasteiger partial charge < -0.3 is 9.15 Å². The van der Waals surface area contributed by atoms with E-state index in [1.165, 1.54) is 13.4 Å². The van der Waals surface area contributed by atoms with Gasteiger partial charge in [-0.15, -0.1) is 0 Å². The van der Waals surface area contributed by atoms with Crippen LogP contribution < -0.4 is 0 Å². The van der Waals surface area contributed by atoms with Gasteiger partial charge in [0.1, 0.15) is 11.3 Å². The molecule has 0 saturated heterocycles. The van der Waals surface area contributed by atoms with E-state index in [-0.39, 0.29) is 0 Å². The van der Waals surface area contributed by atoms with Gasteiger partial charge in [-0.2, -0.15) is 5.10 Å². The molecule has 0 radical (unpaired) electrons. The van der Waals surface area contributed by atoms with Crippen LogP contribution in [-0.4, -0.2) is 22.9 Å². The van der Waals surface area contributed by atoms with E-state index in [1.54, 1.807) is 6.07 Å². The molecule has 26 heavy (non-hydrogen) atoms. The highest BCUT2D eigenvalue weighted by molar-refractivity contribution is 6.00. The predicted molar refractivity (Wildman–Crippen MR) is 99.1 cm³/mol. The van der Waals surface area contributed by atoms with Gasteiger partial charge in [0.2, 0.25) is 0 Å². The number of fused-ring (bicyclic) bond motifs is 1. The number of benzene rings is 2. The fourth-order valence-electron chi connectivity index (χ4n) is 3.09. The largest absolute Gasteiger partial charge is 0.465 e. The number of carbonyl (C=O) groups is 1. The number of rotatable bonds is 4. The fraction of sp³-hybridized carbons (Fsp3) is 0.143. The van der Waals surface area contributed by atoms with E-state index in [1.807, 2.05) is 41.9 Å². The van der Waals surface area contributed by atoms with Crippen LogP contribution in [0.3, 0.4) is 0 Å². The molecule has 5 nitrogen and oxygen atoms in total. The number of furan rings is 1. The molecule has 4 aromatic rings. The maximum Gasteiger partial charge on any atom is 0.341 e. The Bertz CT molecular complexity index is 1080. The number of hydrogen-bond donors (Lipinski definition) is 0. The van der Waals surface area contributed by atoms with E-state index < -0.39 is 5.97 Å². The van der Waals surface area contributed by atoms with Crippen LogP contribution in [-0.2, 0) is 11.3 Å². The molecule has 0 unspecified atom stereocenters. The predicted octanol–water partition coefficient (Wildman–Crippen LogP) is 4.44. The zero-order chi connectivity index (χ0) is 18.1. The molecule has 5 heteroatoms. The molecule has 0 amide bonds. The first-order chi connectivity index (χ1) is 12.7. The highest BCUT2D eigenvalue weighted by Crippen LogP contribution is 2.32. The summed E-state index contributed by atoms with van der Waals surface area (Å²) in [5.41, 5.74) is 4.31. The summed E-state index contributed by atoms with van der Waals surface area (Å²) in [6.07, 6.45) is 1.48. The summed E-state index contributed by atoms with van der Waals surface area (Å²) >= 11 is 0. The molecule has 4 rings (SSSR count). The minimum atomic E-state index is -0.438. The first-order valence-corrected chi connectivity index (χ1v) is 8.34. The second-order valence-corrected chi connectivity index (χ2v) is 6.17. The van der Waals surface area contributed by atoms with E-state index >= 15 is 0 Å². The van der Waals surface area contributed by atoms with Crippen LogP contribution in [0, 0.1) is 6.92 Å². The lowest BCUT2D eigenvalue weighted by atomic mass is 10.1. The Balaban J connectivity index is 1.89. The molecule has 130 valence electrons. The summed E-state index contributed by atoms with van der Waals surface area (Å²) < 4.78 is 12.4. The Labute approximate surface area is 150 Å².